The molecule has 2 amide bonds. The second-order valence-electron chi connectivity index (χ2n) is 9.00. The van der Waals surface area contributed by atoms with Gasteiger partial charge in [0.05, 0.1) is 29.4 Å². The Labute approximate surface area is 188 Å². The average Bonchev–Trinajstić information content (AvgIpc) is 3.46. The van der Waals surface area contributed by atoms with Crippen LogP contribution in [0.5, 0.6) is 0 Å². The van der Waals surface area contributed by atoms with Gasteiger partial charge < -0.3 is 20.3 Å². The van der Waals surface area contributed by atoms with Gasteiger partial charge in [0.15, 0.2) is 5.82 Å². The van der Waals surface area contributed by atoms with Crippen molar-refractivity contribution < 1.29 is 18.6 Å². The van der Waals surface area contributed by atoms with E-state index in [2.05, 4.69) is 20.5 Å². The molecule has 2 fully saturated rings. The second-order valence-corrected chi connectivity index (χ2v) is 11.2. The van der Waals surface area contributed by atoms with Crippen molar-refractivity contribution in [2.45, 2.75) is 56.4 Å². The van der Waals surface area contributed by atoms with E-state index in [9.17, 15) is 13.9 Å². The van der Waals surface area contributed by atoms with Gasteiger partial charge in [-0.1, -0.05) is 0 Å². The van der Waals surface area contributed by atoms with Gasteiger partial charge in [-0.05, 0) is 51.0 Å². The molecular formula is C22H29N5O4S. The molecule has 1 aromatic heterocycles. The second kappa shape index (κ2) is 8.18. The predicted octanol–water partition coefficient (Wildman–Crippen LogP) is 3.81. The van der Waals surface area contributed by atoms with E-state index in [1.54, 1.807) is 0 Å². The highest BCUT2D eigenvalue weighted by Gasteiger charge is 2.34. The van der Waals surface area contributed by atoms with Gasteiger partial charge >= 0.3 is 6.03 Å². The summed E-state index contributed by atoms with van der Waals surface area (Å²) in [5, 5.41) is 5.74. The van der Waals surface area contributed by atoms with Crippen LogP contribution in [-0.4, -0.2) is 56.4 Å². The van der Waals surface area contributed by atoms with Crippen LogP contribution in [0.15, 0.2) is 24.3 Å². The molecule has 2 aromatic rings. The maximum atomic E-state index is 12.0. The van der Waals surface area contributed by atoms with Gasteiger partial charge in [-0.25, -0.2) is 14.8 Å². The lowest BCUT2D eigenvalue weighted by Gasteiger charge is -2.37. The van der Waals surface area contributed by atoms with E-state index in [-0.39, 0.29) is 29.7 Å². The molecule has 0 unspecified atom stereocenters. The number of ether oxygens (including phenoxy) is 1. The van der Waals surface area contributed by atoms with Crippen LogP contribution < -0.4 is 15.5 Å². The van der Waals surface area contributed by atoms with Gasteiger partial charge in [0, 0.05) is 35.9 Å². The number of benzene rings is 1. The molecule has 1 aromatic carbocycles. The monoisotopic (exact) mass is 459 g/mol. The fraction of sp³-hybridized carbons (Fsp3) is 0.500. The van der Waals surface area contributed by atoms with Crippen molar-refractivity contribution >= 4 is 28.1 Å². The van der Waals surface area contributed by atoms with Gasteiger partial charge in [-0.2, -0.15) is 10.6 Å². The van der Waals surface area contributed by atoms with Crippen LogP contribution in [0.25, 0.3) is 11.4 Å². The zero-order valence-corrected chi connectivity index (χ0v) is 19.1. The Hall–Kier alpha value is -2.40. The molecule has 2 atom stereocenters. The number of nitrogens with zero attached hydrogens (tertiary/aromatic N) is 3. The number of carbonyl (C=O) groups is 1. The lowest BCUT2D eigenvalue weighted by atomic mass is 10.1. The summed E-state index contributed by atoms with van der Waals surface area (Å²) in [6.07, 6.45) is 2.19. The van der Waals surface area contributed by atoms with Crippen LogP contribution in [0.2, 0.25) is 0 Å². The van der Waals surface area contributed by atoms with Crippen LogP contribution in [-0.2, 0) is 16.2 Å². The van der Waals surface area contributed by atoms with Crippen LogP contribution >= 0.6 is 10.6 Å². The average molecular weight is 460 g/mol. The molecule has 2 aliphatic heterocycles. The molecule has 9 nitrogen and oxygen atoms in total. The first-order chi connectivity index (χ1) is 15.3. The van der Waals surface area contributed by atoms with Crippen LogP contribution in [0.1, 0.15) is 37.9 Å². The van der Waals surface area contributed by atoms with Crippen molar-refractivity contribution in [2.75, 3.05) is 23.3 Å². The van der Waals surface area contributed by atoms with E-state index < -0.39 is 10.6 Å². The molecule has 1 saturated carbocycles. The van der Waals surface area contributed by atoms with Gasteiger partial charge in [0.1, 0.15) is 5.82 Å². The zero-order valence-electron chi connectivity index (χ0n) is 18.2. The number of rotatable bonds is 4. The Morgan fingerprint density at radius 2 is 1.78 bits per heavy atom. The fourth-order valence-electron chi connectivity index (χ4n) is 4.31. The van der Waals surface area contributed by atoms with Crippen molar-refractivity contribution in [3.8, 4) is 11.4 Å². The molecule has 1 saturated heterocycles. The molecule has 172 valence electrons. The summed E-state index contributed by atoms with van der Waals surface area (Å²) in [6, 6.07) is 7.49. The normalized spacial score (nSPS) is 25.2. The predicted molar refractivity (Wildman–Crippen MR) is 125 cm³/mol. The SMILES string of the molecule is C[C@@H]1CN(c2nc(-c3ccc(NC(=O)NC4CC4)cc3)nc3c2CS(O)(O)C3)C[C@H](C)O1. The molecule has 3 heterocycles. The molecular weight excluding hydrogens is 430 g/mol. The first-order valence-electron chi connectivity index (χ1n) is 11.0. The first-order valence-corrected chi connectivity index (χ1v) is 12.9. The number of aromatic nitrogens is 2. The number of hydrogen-bond acceptors (Lipinski definition) is 7. The Morgan fingerprint density at radius 3 is 2.44 bits per heavy atom. The van der Waals surface area contributed by atoms with E-state index in [1.807, 2.05) is 38.1 Å². The van der Waals surface area contributed by atoms with Crippen molar-refractivity contribution in [2.24, 2.45) is 0 Å². The Morgan fingerprint density at radius 1 is 1.09 bits per heavy atom. The standard InChI is InChI=1S/C22H29N5O4S/c1-13-9-27(10-14(2)31-13)21-18-11-32(29,30)12-19(18)25-20(26-21)15-3-5-16(6-4-15)23-22(28)24-17-7-8-17/h3-6,13-14,17,29-30H,7-12H2,1-2H3,(H2,23,24,28)/t13-,14+. The number of carbonyl (C=O) groups excluding carboxylic acids is 1. The zero-order chi connectivity index (χ0) is 22.5. The van der Waals surface area contributed by atoms with Gasteiger partial charge in [0.2, 0.25) is 0 Å². The molecule has 1 aliphatic carbocycles. The van der Waals surface area contributed by atoms with E-state index >= 15 is 0 Å². The number of fused-ring (bicyclic) bond motifs is 1. The molecule has 3 aliphatic rings. The smallest absolute Gasteiger partial charge is 0.319 e. The van der Waals surface area contributed by atoms with Crippen LogP contribution in [0, 0.1) is 0 Å². The van der Waals surface area contributed by atoms with Crippen molar-refractivity contribution in [3.05, 3.63) is 35.5 Å². The third-order valence-electron chi connectivity index (χ3n) is 5.85. The van der Waals surface area contributed by atoms with Gasteiger partial charge in [-0.15, -0.1) is 0 Å². The maximum absolute atomic E-state index is 12.0. The third kappa shape index (κ3) is 4.68. The minimum Gasteiger partial charge on any atom is -0.372 e. The molecule has 10 heteroatoms. The Bertz CT molecular complexity index is 1020. The Kier molecular flexibility index (Phi) is 5.48. The van der Waals surface area contributed by atoms with E-state index in [0.29, 0.717) is 36.3 Å². The summed E-state index contributed by atoms with van der Waals surface area (Å²) in [5.41, 5.74) is 3.02. The minimum atomic E-state index is -2.73. The van der Waals surface area contributed by atoms with Crippen molar-refractivity contribution in [1.82, 2.24) is 15.3 Å². The highest BCUT2D eigenvalue weighted by atomic mass is 32.3. The molecule has 0 spiro atoms. The maximum Gasteiger partial charge on any atom is 0.319 e. The summed E-state index contributed by atoms with van der Waals surface area (Å²) in [7, 11) is -2.73. The first kappa shape index (κ1) is 21.4. The summed E-state index contributed by atoms with van der Waals surface area (Å²) in [5.74, 6) is 1.64. The number of hydrogen-bond donors (Lipinski definition) is 4. The Balaban J connectivity index is 1.43. The quantitative estimate of drug-likeness (QED) is 0.549. The fourth-order valence-corrected chi connectivity index (χ4v) is 5.85. The van der Waals surface area contributed by atoms with Gasteiger partial charge in [-0.3, -0.25) is 9.11 Å². The van der Waals surface area contributed by atoms with E-state index in [1.165, 1.54) is 0 Å². The van der Waals surface area contributed by atoms with E-state index in [0.717, 1.165) is 29.8 Å². The van der Waals surface area contributed by atoms with Crippen LogP contribution in [0.4, 0.5) is 16.3 Å². The van der Waals surface area contributed by atoms with Crippen molar-refractivity contribution in [3.63, 3.8) is 0 Å². The number of nitrogens with one attached hydrogen (secondary N) is 2. The molecule has 5 rings (SSSR count). The molecule has 0 bridgehead atoms. The van der Waals surface area contributed by atoms with E-state index in [4.69, 9.17) is 9.72 Å². The number of urea groups is 1. The number of anilines is 2. The highest BCUT2D eigenvalue weighted by molar-refractivity contribution is 8.23. The summed E-state index contributed by atoms with van der Waals surface area (Å²) >= 11 is 0. The number of morpholine rings is 1. The molecule has 0 radical (unpaired) electrons. The largest absolute Gasteiger partial charge is 0.372 e. The lowest BCUT2D eigenvalue weighted by Crippen LogP contribution is -2.46. The topological polar surface area (TPSA) is 120 Å². The highest BCUT2D eigenvalue weighted by Crippen LogP contribution is 2.54. The molecule has 32 heavy (non-hydrogen) atoms. The summed E-state index contributed by atoms with van der Waals surface area (Å²) in [6.45, 7) is 5.43. The summed E-state index contributed by atoms with van der Waals surface area (Å²) < 4.78 is 26.6. The summed E-state index contributed by atoms with van der Waals surface area (Å²) in [4.78, 5) is 23.7. The lowest BCUT2D eigenvalue weighted by molar-refractivity contribution is -0.00550. The molecule has 4 N–H and O–H groups in total. The third-order valence-corrected chi connectivity index (χ3v) is 7.33. The minimum absolute atomic E-state index is 0.0571. The van der Waals surface area contributed by atoms with Gasteiger partial charge in [0.25, 0.3) is 0 Å². The van der Waals surface area contributed by atoms with Crippen LogP contribution in [0.3, 0.4) is 0 Å². The van der Waals surface area contributed by atoms with Crippen molar-refractivity contribution in [1.29, 1.82) is 0 Å². The number of amides is 2.